The Morgan fingerprint density at radius 3 is 2.80 bits per heavy atom. The molecule has 0 bridgehead atoms. The predicted molar refractivity (Wildman–Crippen MR) is 76.3 cm³/mol. The predicted octanol–water partition coefficient (Wildman–Crippen LogP) is 1.95. The van der Waals surface area contributed by atoms with Crippen molar-refractivity contribution in [2.75, 3.05) is 31.1 Å². The minimum atomic E-state index is -0.271. The summed E-state index contributed by atoms with van der Waals surface area (Å²) in [4.78, 5) is 13.8. The molecule has 1 aliphatic heterocycles. The zero-order valence-electron chi connectivity index (χ0n) is 11.8. The lowest BCUT2D eigenvalue weighted by Crippen LogP contribution is -2.40. The number of ether oxygens (including phenoxy) is 1. The lowest BCUT2D eigenvalue weighted by atomic mass is 10.2. The molecule has 0 aromatic heterocycles. The summed E-state index contributed by atoms with van der Waals surface area (Å²) in [6.07, 6.45) is 2.23. The van der Waals surface area contributed by atoms with Crippen LogP contribution in [0.1, 0.15) is 19.8 Å². The van der Waals surface area contributed by atoms with E-state index in [-0.39, 0.29) is 24.4 Å². The van der Waals surface area contributed by atoms with Gasteiger partial charge in [-0.2, -0.15) is 0 Å². The van der Waals surface area contributed by atoms with Crippen molar-refractivity contribution in [3.8, 4) is 0 Å². The Bertz CT molecular complexity index is 430. The SMILES string of the molecule is CCN(CC(=O)NCC1CCCO1)c1ccc(F)cc1. The Morgan fingerprint density at radius 1 is 1.45 bits per heavy atom. The Kier molecular flexibility index (Phi) is 5.35. The van der Waals surface area contributed by atoms with Gasteiger partial charge in [0, 0.05) is 25.4 Å². The topological polar surface area (TPSA) is 41.6 Å². The number of carbonyl (C=O) groups is 1. The van der Waals surface area contributed by atoms with Crippen LogP contribution in [0.2, 0.25) is 0 Å². The molecule has 1 aromatic carbocycles. The van der Waals surface area contributed by atoms with Gasteiger partial charge in [0.1, 0.15) is 5.82 Å². The highest BCUT2D eigenvalue weighted by Crippen LogP contribution is 2.14. The highest BCUT2D eigenvalue weighted by molar-refractivity contribution is 5.81. The van der Waals surface area contributed by atoms with Crippen molar-refractivity contribution in [2.45, 2.75) is 25.9 Å². The summed E-state index contributed by atoms with van der Waals surface area (Å²) in [7, 11) is 0. The van der Waals surface area contributed by atoms with Crippen molar-refractivity contribution in [3.05, 3.63) is 30.1 Å². The molecule has 110 valence electrons. The molecule has 1 saturated heterocycles. The average molecular weight is 280 g/mol. The van der Waals surface area contributed by atoms with Crippen LogP contribution >= 0.6 is 0 Å². The second kappa shape index (κ2) is 7.24. The highest BCUT2D eigenvalue weighted by atomic mass is 19.1. The van der Waals surface area contributed by atoms with E-state index >= 15 is 0 Å². The van der Waals surface area contributed by atoms with Crippen LogP contribution in [0.25, 0.3) is 0 Å². The third-order valence-corrected chi connectivity index (χ3v) is 3.46. The van der Waals surface area contributed by atoms with Gasteiger partial charge in [0.15, 0.2) is 0 Å². The smallest absolute Gasteiger partial charge is 0.239 e. The van der Waals surface area contributed by atoms with Crippen LogP contribution in [0.5, 0.6) is 0 Å². The number of rotatable bonds is 6. The highest BCUT2D eigenvalue weighted by Gasteiger charge is 2.17. The van der Waals surface area contributed by atoms with Gasteiger partial charge < -0.3 is 15.0 Å². The maximum absolute atomic E-state index is 12.9. The number of likely N-dealkylation sites (N-methyl/N-ethyl adjacent to an activating group) is 1. The summed E-state index contributed by atoms with van der Waals surface area (Å²) in [6, 6.07) is 6.18. The second-order valence-corrected chi connectivity index (χ2v) is 4.93. The lowest BCUT2D eigenvalue weighted by molar-refractivity contribution is -0.120. The normalized spacial score (nSPS) is 18.0. The van der Waals surface area contributed by atoms with E-state index < -0.39 is 0 Å². The summed E-state index contributed by atoms with van der Waals surface area (Å²) in [6.45, 7) is 4.29. The van der Waals surface area contributed by atoms with Gasteiger partial charge in [0.2, 0.25) is 5.91 Å². The summed E-state index contributed by atoms with van der Waals surface area (Å²) in [5.41, 5.74) is 0.848. The van der Waals surface area contributed by atoms with Gasteiger partial charge in [-0.1, -0.05) is 0 Å². The van der Waals surface area contributed by atoms with E-state index in [1.807, 2.05) is 11.8 Å². The minimum Gasteiger partial charge on any atom is -0.376 e. The maximum Gasteiger partial charge on any atom is 0.239 e. The molecule has 1 aromatic rings. The number of hydrogen-bond donors (Lipinski definition) is 1. The molecule has 1 atom stereocenters. The van der Waals surface area contributed by atoms with Crippen molar-refractivity contribution < 1.29 is 13.9 Å². The molecule has 0 saturated carbocycles. The van der Waals surface area contributed by atoms with Gasteiger partial charge in [-0.05, 0) is 44.0 Å². The number of carbonyl (C=O) groups excluding carboxylic acids is 1. The van der Waals surface area contributed by atoms with Crippen molar-refractivity contribution in [2.24, 2.45) is 0 Å². The molecular weight excluding hydrogens is 259 g/mol. The fourth-order valence-electron chi connectivity index (χ4n) is 2.30. The molecule has 1 N–H and O–H groups in total. The molecule has 0 radical (unpaired) electrons. The molecule has 1 aliphatic rings. The first-order chi connectivity index (χ1) is 9.69. The van der Waals surface area contributed by atoms with E-state index in [2.05, 4.69) is 5.32 Å². The maximum atomic E-state index is 12.9. The third kappa shape index (κ3) is 4.20. The first-order valence-corrected chi connectivity index (χ1v) is 7.08. The van der Waals surface area contributed by atoms with E-state index in [1.165, 1.54) is 12.1 Å². The fourth-order valence-corrected chi connectivity index (χ4v) is 2.30. The number of nitrogens with one attached hydrogen (secondary N) is 1. The lowest BCUT2D eigenvalue weighted by Gasteiger charge is -2.22. The van der Waals surface area contributed by atoms with E-state index in [0.717, 1.165) is 25.1 Å². The number of nitrogens with zero attached hydrogens (tertiary/aromatic N) is 1. The number of hydrogen-bond acceptors (Lipinski definition) is 3. The Morgan fingerprint density at radius 2 is 2.20 bits per heavy atom. The molecule has 1 heterocycles. The van der Waals surface area contributed by atoms with E-state index in [9.17, 15) is 9.18 Å². The molecular formula is C15H21FN2O2. The summed E-state index contributed by atoms with van der Waals surface area (Å²) >= 11 is 0. The van der Waals surface area contributed by atoms with Gasteiger partial charge in [-0.25, -0.2) is 4.39 Å². The fraction of sp³-hybridized carbons (Fsp3) is 0.533. The van der Waals surface area contributed by atoms with Gasteiger partial charge in [0.05, 0.1) is 12.6 Å². The second-order valence-electron chi connectivity index (χ2n) is 4.93. The minimum absolute atomic E-state index is 0.0355. The van der Waals surface area contributed by atoms with Crippen LogP contribution in [-0.2, 0) is 9.53 Å². The summed E-state index contributed by atoms with van der Waals surface area (Å²) in [5, 5.41) is 2.89. The average Bonchev–Trinajstić information content (AvgIpc) is 2.97. The van der Waals surface area contributed by atoms with Crippen molar-refractivity contribution in [1.82, 2.24) is 5.32 Å². The van der Waals surface area contributed by atoms with Crippen LogP contribution in [0.15, 0.2) is 24.3 Å². The molecule has 5 heteroatoms. The zero-order valence-corrected chi connectivity index (χ0v) is 11.8. The van der Waals surface area contributed by atoms with Gasteiger partial charge in [-0.15, -0.1) is 0 Å². The number of anilines is 1. The molecule has 20 heavy (non-hydrogen) atoms. The van der Waals surface area contributed by atoms with E-state index in [1.54, 1.807) is 12.1 Å². The Labute approximate surface area is 118 Å². The Balaban J connectivity index is 1.82. The largest absolute Gasteiger partial charge is 0.376 e. The van der Waals surface area contributed by atoms with Gasteiger partial charge >= 0.3 is 0 Å². The molecule has 0 spiro atoms. The van der Waals surface area contributed by atoms with Crippen molar-refractivity contribution in [1.29, 1.82) is 0 Å². The summed E-state index contributed by atoms with van der Waals surface area (Å²) < 4.78 is 18.4. The number of amides is 1. The monoisotopic (exact) mass is 280 g/mol. The third-order valence-electron chi connectivity index (χ3n) is 3.46. The standard InChI is InChI=1S/C15H21FN2O2/c1-2-18(13-7-5-12(16)6-8-13)11-15(19)17-10-14-4-3-9-20-14/h5-8,14H,2-4,9-11H2,1H3,(H,17,19). The zero-order chi connectivity index (χ0) is 14.4. The van der Waals surface area contributed by atoms with Crippen LogP contribution in [0.4, 0.5) is 10.1 Å². The first kappa shape index (κ1) is 14.8. The van der Waals surface area contributed by atoms with Crippen LogP contribution in [0, 0.1) is 5.82 Å². The molecule has 4 nitrogen and oxygen atoms in total. The van der Waals surface area contributed by atoms with Crippen molar-refractivity contribution in [3.63, 3.8) is 0 Å². The molecule has 1 fully saturated rings. The number of halogens is 1. The molecule has 2 rings (SSSR count). The van der Waals surface area contributed by atoms with Crippen LogP contribution < -0.4 is 10.2 Å². The molecule has 0 aliphatic carbocycles. The van der Waals surface area contributed by atoms with Gasteiger partial charge in [0.25, 0.3) is 0 Å². The molecule has 1 amide bonds. The Hall–Kier alpha value is -1.62. The number of benzene rings is 1. The molecule has 1 unspecified atom stereocenters. The van der Waals surface area contributed by atoms with E-state index in [4.69, 9.17) is 4.74 Å². The quantitative estimate of drug-likeness (QED) is 0.866. The van der Waals surface area contributed by atoms with Gasteiger partial charge in [-0.3, -0.25) is 4.79 Å². The van der Waals surface area contributed by atoms with Crippen LogP contribution in [-0.4, -0.2) is 38.3 Å². The first-order valence-electron chi connectivity index (χ1n) is 7.08. The van der Waals surface area contributed by atoms with Crippen LogP contribution in [0.3, 0.4) is 0 Å². The summed E-state index contributed by atoms with van der Waals surface area (Å²) in [5.74, 6) is -0.306. The van der Waals surface area contributed by atoms with Crippen molar-refractivity contribution >= 4 is 11.6 Å². The van der Waals surface area contributed by atoms with E-state index in [0.29, 0.717) is 13.1 Å².